The van der Waals surface area contributed by atoms with Gasteiger partial charge >= 0.3 is 6.01 Å². The average molecular weight is 312 g/mol. The predicted octanol–water partition coefficient (Wildman–Crippen LogP) is 3.23. The largest absolute Gasteiger partial charge is 0.463 e. The fourth-order valence-corrected chi connectivity index (χ4v) is 1.74. The molecule has 0 radical (unpaired) electrons. The van der Waals surface area contributed by atoms with Gasteiger partial charge in [-0.3, -0.25) is 5.43 Å². The van der Waals surface area contributed by atoms with Crippen LogP contribution in [0.25, 0.3) is 0 Å². The third kappa shape index (κ3) is 4.13. The maximum Gasteiger partial charge on any atom is 0.318 e. The molecule has 0 bridgehead atoms. The van der Waals surface area contributed by atoms with Gasteiger partial charge in [-0.25, -0.2) is 9.37 Å². The van der Waals surface area contributed by atoms with Gasteiger partial charge in [0.25, 0.3) is 0 Å². The third-order valence-corrected chi connectivity index (χ3v) is 2.84. The van der Waals surface area contributed by atoms with Gasteiger partial charge in [0.2, 0.25) is 0 Å². The molecule has 23 heavy (non-hydrogen) atoms. The lowest BCUT2D eigenvalue weighted by Crippen LogP contribution is -2.03. The van der Waals surface area contributed by atoms with Crippen LogP contribution in [0.2, 0.25) is 0 Å². The van der Waals surface area contributed by atoms with Gasteiger partial charge in [0.05, 0.1) is 18.7 Å². The number of nitrogens with zero attached hydrogens (tertiary/aromatic N) is 3. The minimum atomic E-state index is -0.631. The van der Waals surface area contributed by atoms with Gasteiger partial charge in [0.1, 0.15) is 12.4 Å². The lowest BCUT2D eigenvalue weighted by molar-refractivity contribution is 0.280. The minimum Gasteiger partial charge on any atom is -0.463 e. The van der Waals surface area contributed by atoms with Crippen molar-refractivity contribution in [3.8, 4) is 6.01 Å². The van der Waals surface area contributed by atoms with E-state index in [1.54, 1.807) is 12.1 Å². The van der Waals surface area contributed by atoms with Crippen LogP contribution in [0.4, 0.5) is 10.2 Å². The van der Waals surface area contributed by atoms with Crippen molar-refractivity contribution < 1.29 is 13.5 Å². The predicted molar refractivity (Wildman–Crippen MR) is 82.7 cm³/mol. The van der Waals surface area contributed by atoms with E-state index in [2.05, 4.69) is 20.5 Å². The van der Waals surface area contributed by atoms with Crippen LogP contribution >= 0.6 is 0 Å². The first-order valence-electron chi connectivity index (χ1n) is 6.83. The first kappa shape index (κ1) is 14.7. The van der Waals surface area contributed by atoms with E-state index in [0.717, 1.165) is 11.8 Å². The summed E-state index contributed by atoms with van der Waals surface area (Å²) in [6, 6.07) is 13.0. The van der Waals surface area contributed by atoms with Crippen LogP contribution < -0.4 is 10.2 Å². The van der Waals surface area contributed by atoms with Crippen molar-refractivity contribution in [1.29, 1.82) is 0 Å². The Balaban J connectivity index is 1.64. The molecule has 0 atom stereocenters. The number of rotatable bonds is 6. The molecular weight excluding hydrogens is 299 g/mol. The Morgan fingerprint density at radius 3 is 2.87 bits per heavy atom. The van der Waals surface area contributed by atoms with Crippen LogP contribution in [0, 0.1) is 5.82 Å². The standard InChI is InChI=1S/C16H13FN4O2/c17-14-10-18-16(23-11-12-5-2-1-3-6-12)20-15(14)21-19-9-13-7-4-8-22-13/h1-10H,11H2,(H,18,20,21)/b19-9+. The molecule has 3 rings (SSSR count). The number of nitrogens with one attached hydrogen (secondary N) is 1. The average Bonchev–Trinajstić information content (AvgIpc) is 3.10. The fraction of sp³-hybridized carbons (Fsp3) is 0.0625. The monoisotopic (exact) mass is 312 g/mol. The fourth-order valence-electron chi connectivity index (χ4n) is 1.74. The van der Waals surface area contributed by atoms with Crippen molar-refractivity contribution in [2.45, 2.75) is 6.61 Å². The van der Waals surface area contributed by atoms with E-state index in [9.17, 15) is 4.39 Å². The molecule has 0 aliphatic heterocycles. The van der Waals surface area contributed by atoms with E-state index < -0.39 is 5.82 Å². The maximum atomic E-state index is 13.7. The topological polar surface area (TPSA) is 72.5 Å². The van der Waals surface area contributed by atoms with Gasteiger partial charge in [0.15, 0.2) is 11.6 Å². The Bertz CT molecular complexity index is 776. The number of anilines is 1. The van der Waals surface area contributed by atoms with Crippen molar-refractivity contribution in [3.05, 3.63) is 72.1 Å². The molecule has 2 aromatic heterocycles. The van der Waals surface area contributed by atoms with E-state index in [1.165, 1.54) is 12.5 Å². The smallest absolute Gasteiger partial charge is 0.318 e. The molecule has 0 saturated carbocycles. The molecule has 0 aliphatic carbocycles. The molecule has 6 nitrogen and oxygen atoms in total. The van der Waals surface area contributed by atoms with E-state index in [1.807, 2.05) is 30.3 Å². The summed E-state index contributed by atoms with van der Waals surface area (Å²) < 4.78 is 24.2. The summed E-state index contributed by atoms with van der Waals surface area (Å²) in [7, 11) is 0. The zero-order chi connectivity index (χ0) is 15.9. The Morgan fingerprint density at radius 1 is 1.22 bits per heavy atom. The Hall–Kier alpha value is -3.22. The molecule has 116 valence electrons. The molecule has 1 N–H and O–H groups in total. The highest BCUT2D eigenvalue weighted by Crippen LogP contribution is 2.14. The van der Waals surface area contributed by atoms with Crippen LogP contribution in [0.5, 0.6) is 6.01 Å². The molecule has 1 aromatic carbocycles. The number of hydrogen-bond acceptors (Lipinski definition) is 6. The number of halogens is 1. The normalized spacial score (nSPS) is 10.8. The number of ether oxygens (including phenoxy) is 1. The first-order valence-corrected chi connectivity index (χ1v) is 6.83. The SMILES string of the molecule is Fc1cnc(OCc2ccccc2)nc1N/N=C/c1ccco1. The van der Waals surface area contributed by atoms with E-state index >= 15 is 0 Å². The minimum absolute atomic E-state index is 0.0611. The van der Waals surface area contributed by atoms with Crippen molar-refractivity contribution in [1.82, 2.24) is 9.97 Å². The van der Waals surface area contributed by atoms with Crippen LogP contribution in [-0.2, 0) is 6.61 Å². The van der Waals surface area contributed by atoms with Crippen molar-refractivity contribution in [3.63, 3.8) is 0 Å². The van der Waals surface area contributed by atoms with Gasteiger partial charge in [-0.05, 0) is 17.7 Å². The number of furan rings is 1. The third-order valence-electron chi connectivity index (χ3n) is 2.84. The summed E-state index contributed by atoms with van der Waals surface area (Å²) in [5.74, 6) is -0.174. The quantitative estimate of drug-likeness (QED) is 0.559. The second-order valence-corrected chi connectivity index (χ2v) is 4.51. The Labute approximate surface area is 131 Å². The maximum absolute atomic E-state index is 13.7. The Morgan fingerprint density at radius 2 is 2.09 bits per heavy atom. The van der Waals surface area contributed by atoms with Crippen LogP contribution in [0.1, 0.15) is 11.3 Å². The van der Waals surface area contributed by atoms with Gasteiger partial charge in [0, 0.05) is 0 Å². The van der Waals surface area contributed by atoms with Crippen molar-refractivity contribution in [2.75, 3.05) is 5.43 Å². The van der Waals surface area contributed by atoms with E-state index in [0.29, 0.717) is 12.4 Å². The highest BCUT2D eigenvalue weighted by molar-refractivity contribution is 5.76. The zero-order valence-corrected chi connectivity index (χ0v) is 12.0. The summed E-state index contributed by atoms with van der Waals surface area (Å²) in [5.41, 5.74) is 3.46. The zero-order valence-electron chi connectivity index (χ0n) is 12.0. The van der Waals surface area contributed by atoms with Gasteiger partial charge in [-0.15, -0.1) is 0 Å². The van der Waals surface area contributed by atoms with Gasteiger partial charge in [-0.1, -0.05) is 30.3 Å². The lowest BCUT2D eigenvalue weighted by Gasteiger charge is -2.06. The van der Waals surface area contributed by atoms with Gasteiger partial charge < -0.3 is 9.15 Å². The molecule has 0 saturated heterocycles. The van der Waals surface area contributed by atoms with E-state index in [4.69, 9.17) is 9.15 Å². The van der Waals surface area contributed by atoms with Crippen LogP contribution in [0.3, 0.4) is 0 Å². The molecule has 0 fully saturated rings. The molecular formula is C16H13FN4O2. The molecule has 0 amide bonds. The van der Waals surface area contributed by atoms with Gasteiger partial charge in [-0.2, -0.15) is 10.1 Å². The van der Waals surface area contributed by atoms with Crippen LogP contribution in [0.15, 0.2) is 64.4 Å². The number of hydrogen-bond donors (Lipinski definition) is 1. The van der Waals surface area contributed by atoms with Crippen molar-refractivity contribution >= 4 is 12.0 Å². The summed E-state index contributed by atoms with van der Waals surface area (Å²) >= 11 is 0. The summed E-state index contributed by atoms with van der Waals surface area (Å²) in [6.45, 7) is 0.293. The molecule has 2 heterocycles. The van der Waals surface area contributed by atoms with E-state index in [-0.39, 0.29) is 11.8 Å². The second-order valence-electron chi connectivity index (χ2n) is 4.51. The highest BCUT2D eigenvalue weighted by atomic mass is 19.1. The number of hydrazone groups is 1. The second kappa shape index (κ2) is 7.17. The highest BCUT2D eigenvalue weighted by Gasteiger charge is 2.07. The summed E-state index contributed by atoms with van der Waals surface area (Å²) in [6.07, 6.45) is 3.95. The summed E-state index contributed by atoms with van der Waals surface area (Å²) in [5, 5.41) is 3.85. The Kier molecular flexibility index (Phi) is 4.58. The molecule has 0 aliphatic rings. The molecule has 7 heteroatoms. The molecule has 0 spiro atoms. The van der Waals surface area contributed by atoms with Crippen LogP contribution in [-0.4, -0.2) is 16.2 Å². The lowest BCUT2D eigenvalue weighted by atomic mass is 10.2. The molecule has 3 aromatic rings. The molecule has 0 unspecified atom stereocenters. The van der Waals surface area contributed by atoms with Crippen molar-refractivity contribution in [2.24, 2.45) is 5.10 Å². The first-order chi connectivity index (χ1) is 11.3. The number of benzene rings is 1. The number of aromatic nitrogens is 2. The summed E-state index contributed by atoms with van der Waals surface area (Å²) in [4.78, 5) is 7.74.